The number of carbonyl (C=O) groups is 2. The highest BCUT2D eigenvalue weighted by molar-refractivity contribution is 6.39. The molecule has 0 fully saturated rings. The Morgan fingerprint density at radius 2 is 1.57 bits per heavy atom. The van der Waals surface area contributed by atoms with Crippen LogP contribution < -0.4 is 15.4 Å². The number of halogens is 8. The number of carbonyl (C=O) groups excluding carboxylic acids is 1. The smallest absolute Gasteiger partial charge is 0.412 e. The van der Waals surface area contributed by atoms with Gasteiger partial charge in [0.1, 0.15) is 40.8 Å². The van der Waals surface area contributed by atoms with Crippen molar-refractivity contribution in [1.82, 2.24) is 5.32 Å². The number of hydrogen-bond acceptors (Lipinski definition) is 4. The highest BCUT2D eigenvalue weighted by Crippen LogP contribution is 2.44. The fraction of sp³-hybridized carbons (Fsp3) is 0.212. The van der Waals surface area contributed by atoms with Gasteiger partial charge in [0.2, 0.25) is 0 Å². The van der Waals surface area contributed by atoms with Gasteiger partial charge in [0, 0.05) is 23.2 Å². The van der Waals surface area contributed by atoms with Crippen LogP contribution in [-0.2, 0) is 17.6 Å². The van der Waals surface area contributed by atoms with Gasteiger partial charge in [0.25, 0.3) is 5.91 Å². The Balaban J connectivity index is 1.40. The summed E-state index contributed by atoms with van der Waals surface area (Å²) in [5.41, 5.74) is -0.224. The number of fused-ring (bicyclic) bond motifs is 1. The standard InChI is InChI=1S/C33H24Cl2F6N2O4/c34-22-12-18(36)13-23(35)27(22)21-9-8-17(20-7-4-10-47-29(20)21)11-26(32(45)46)43-31(44)28-24(37)14-19(15-25(28)38)42-30(33(39,40)41)16-5-2-1-3-6-16/h1-3,5-6,8-9,12-15,26,30,42H,4,7,10-11H2,(H,43,44)(H,45,46). The van der Waals surface area contributed by atoms with Crippen molar-refractivity contribution in [3.05, 3.63) is 116 Å². The van der Waals surface area contributed by atoms with Crippen molar-refractivity contribution in [2.45, 2.75) is 37.5 Å². The lowest BCUT2D eigenvalue weighted by Gasteiger charge is -2.25. The van der Waals surface area contributed by atoms with E-state index in [0.717, 1.165) is 12.1 Å². The molecule has 2 unspecified atom stereocenters. The SMILES string of the molecule is O=C(NC(Cc1ccc(-c2c(Cl)cc(F)cc2Cl)c2c1CCCO2)C(=O)O)c1c(F)cc(NC(c2ccccc2)C(F)(F)F)cc1F. The summed E-state index contributed by atoms with van der Waals surface area (Å²) < 4.78 is 91.1. The van der Waals surface area contributed by atoms with Crippen LogP contribution in [0.3, 0.4) is 0 Å². The third-order valence-corrected chi connectivity index (χ3v) is 8.12. The van der Waals surface area contributed by atoms with Crippen molar-refractivity contribution in [3.8, 4) is 16.9 Å². The van der Waals surface area contributed by atoms with E-state index in [2.05, 4.69) is 10.6 Å². The van der Waals surface area contributed by atoms with Gasteiger partial charge in [-0.2, -0.15) is 13.2 Å². The summed E-state index contributed by atoms with van der Waals surface area (Å²) in [5, 5.41) is 14.1. The first-order chi connectivity index (χ1) is 22.2. The summed E-state index contributed by atoms with van der Waals surface area (Å²) >= 11 is 12.6. The molecule has 1 aliphatic heterocycles. The molecule has 14 heteroatoms. The molecular formula is C33H24Cl2F6N2O4. The maximum absolute atomic E-state index is 15.1. The summed E-state index contributed by atoms with van der Waals surface area (Å²) in [4.78, 5) is 25.2. The van der Waals surface area contributed by atoms with E-state index in [-0.39, 0.29) is 22.0 Å². The van der Waals surface area contributed by atoms with E-state index in [1.54, 1.807) is 12.1 Å². The minimum atomic E-state index is -4.83. The minimum Gasteiger partial charge on any atom is -0.493 e. The first kappa shape index (κ1) is 33.9. The quantitative estimate of drug-likeness (QED) is 0.153. The van der Waals surface area contributed by atoms with Crippen LogP contribution in [0.15, 0.2) is 66.7 Å². The molecule has 0 radical (unpaired) electrons. The molecule has 2 atom stereocenters. The molecule has 0 spiro atoms. The molecular weight excluding hydrogens is 673 g/mol. The summed E-state index contributed by atoms with van der Waals surface area (Å²) in [6.45, 7) is 0.317. The Kier molecular flexibility index (Phi) is 9.92. The third kappa shape index (κ3) is 7.44. The number of carboxylic acids is 1. The molecule has 6 nitrogen and oxygen atoms in total. The van der Waals surface area contributed by atoms with Gasteiger partial charge in [-0.3, -0.25) is 4.79 Å². The van der Waals surface area contributed by atoms with Gasteiger partial charge in [-0.05, 0) is 53.8 Å². The molecule has 0 aromatic heterocycles. The van der Waals surface area contributed by atoms with Crippen LogP contribution >= 0.6 is 23.2 Å². The molecule has 246 valence electrons. The van der Waals surface area contributed by atoms with E-state index in [4.69, 9.17) is 27.9 Å². The highest BCUT2D eigenvalue weighted by atomic mass is 35.5. The maximum atomic E-state index is 15.1. The Morgan fingerprint density at radius 1 is 0.936 bits per heavy atom. The van der Waals surface area contributed by atoms with Gasteiger partial charge in [0.05, 0.1) is 16.7 Å². The van der Waals surface area contributed by atoms with Gasteiger partial charge >= 0.3 is 12.1 Å². The largest absolute Gasteiger partial charge is 0.493 e. The second-order valence-electron chi connectivity index (χ2n) is 10.7. The number of carboxylic acid groups (broad SMARTS) is 1. The molecule has 1 aliphatic rings. The number of benzene rings is 4. The summed E-state index contributed by atoms with van der Waals surface area (Å²) in [5.74, 6) is -6.27. The molecule has 1 heterocycles. The Bertz CT molecular complexity index is 1790. The van der Waals surface area contributed by atoms with Crippen molar-refractivity contribution in [1.29, 1.82) is 0 Å². The molecule has 3 N–H and O–H groups in total. The highest BCUT2D eigenvalue weighted by Gasteiger charge is 2.41. The van der Waals surface area contributed by atoms with E-state index in [9.17, 15) is 32.3 Å². The summed E-state index contributed by atoms with van der Waals surface area (Å²) in [6, 6.07) is 8.97. The maximum Gasteiger partial charge on any atom is 0.412 e. The number of ether oxygens (including phenoxy) is 1. The number of hydrogen-bond donors (Lipinski definition) is 3. The number of alkyl halides is 3. The second kappa shape index (κ2) is 13.7. The first-order valence-corrected chi connectivity index (χ1v) is 14.8. The van der Waals surface area contributed by atoms with Crippen LogP contribution in [0.5, 0.6) is 5.75 Å². The van der Waals surface area contributed by atoms with Gasteiger partial charge in [-0.1, -0.05) is 65.7 Å². The van der Waals surface area contributed by atoms with E-state index < -0.39 is 58.8 Å². The molecule has 5 rings (SSSR count). The zero-order chi connectivity index (χ0) is 34.0. The second-order valence-corrected chi connectivity index (χ2v) is 11.5. The Labute approximate surface area is 274 Å². The minimum absolute atomic E-state index is 0.0223. The van der Waals surface area contributed by atoms with Crippen molar-refractivity contribution in [2.24, 2.45) is 0 Å². The molecule has 1 amide bonds. The molecule has 0 aliphatic carbocycles. The zero-order valence-electron chi connectivity index (χ0n) is 24.0. The predicted molar refractivity (Wildman–Crippen MR) is 163 cm³/mol. The average molecular weight is 697 g/mol. The van der Waals surface area contributed by atoms with Crippen LogP contribution in [0.1, 0.15) is 39.5 Å². The molecule has 4 aromatic rings. The first-order valence-electron chi connectivity index (χ1n) is 14.1. The van der Waals surface area contributed by atoms with Crippen LogP contribution in [0, 0.1) is 17.5 Å². The molecule has 0 saturated heterocycles. The van der Waals surface area contributed by atoms with Crippen LogP contribution in [-0.4, -0.2) is 35.8 Å². The van der Waals surface area contributed by atoms with E-state index in [0.29, 0.717) is 59.6 Å². The summed E-state index contributed by atoms with van der Waals surface area (Å²) in [7, 11) is 0. The van der Waals surface area contributed by atoms with Gasteiger partial charge < -0.3 is 20.5 Å². The Morgan fingerprint density at radius 3 is 2.17 bits per heavy atom. The third-order valence-electron chi connectivity index (χ3n) is 7.52. The fourth-order valence-electron chi connectivity index (χ4n) is 5.41. The van der Waals surface area contributed by atoms with E-state index in [1.807, 2.05) is 0 Å². The normalized spacial score (nSPS) is 14.0. The van der Waals surface area contributed by atoms with Gasteiger partial charge in [-0.25, -0.2) is 18.0 Å². The van der Waals surface area contributed by atoms with Crippen LogP contribution in [0.25, 0.3) is 11.1 Å². The van der Waals surface area contributed by atoms with Crippen molar-refractivity contribution < 1.29 is 45.8 Å². The lowest BCUT2D eigenvalue weighted by Crippen LogP contribution is -2.43. The topological polar surface area (TPSA) is 87.7 Å². The van der Waals surface area contributed by atoms with E-state index >= 15 is 8.78 Å². The predicted octanol–water partition coefficient (Wildman–Crippen LogP) is 8.54. The van der Waals surface area contributed by atoms with Crippen LogP contribution in [0.4, 0.5) is 32.0 Å². The van der Waals surface area contributed by atoms with Crippen molar-refractivity contribution in [3.63, 3.8) is 0 Å². The number of amides is 1. The van der Waals surface area contributed by atoms with Crippen molar-refractivity contribution >= 4 is 40.8 Å². The zero-order valence-corrected chi connectivity index (χ0v) is 25.5. The van der Waals surface area contributed by atoms with Crippen molar-refractivity contribution in [2.75, 3.05) is 11.9 Å². The fourth-order valence-corrected chi connectivity index (χ4v) is 6.07. The lowest BCUT2D eigenvalue weighted by molar-refractivity contribution is -0.144. The van der Waals surface area contributed by atoms with Gasteiger partial charge in [-0.15, -0.1) is 0 Å². The molecule has 4 aromatic carbocycles. The molecule has 0 bridgehead atoms. The molecule has 47 heavy (non-hydrogen) atoms. The van der Waals surface area contributed by atoms with E-state index in [1.165, 1.54) is 30.3 Å². The Hall–Kier alpha value is -4.42. The number of rotatable bonds is 9. The average Bonchev–Trinajstić information content (AvgIpc) is 2.99. The number of anilines is 1. The van der Waals surface area contributed by atoms with Gasteiger partial charge in [0.15, 0.2) is 0 Å². The van der Waals surface area contributed by atoms with Crippen LogP contribution in [0.2, 0.25) is 10.0 Å². The lowest BCUT2D eigenvalue weighted by atomic mass is 9.90. The molecule has 0 saturated carbocycles. The number of aliphatic carboxylic acids is 1. The number of nitrogens with one attached hydrogen (secondary N) is 2. The monoisotopic (exact) mass is 696 g/mol. The summed E-state index contributed by atoms with van der Waals surface area (Å²) in [6.07, 6.45) is -4.16.